The lowest BCUT2D eigenvalue weighted by atomic mass is 9.99. The monoisotopic (exact) mass is 344 g/mol. The van der Waals surface area contributed by atoms with Crippen molar-refractivity contribution in [1.29, 1.82) is 0 Å². The van der Waals surface area contributed by atoms with Crippen molar-refractivity contribution in [3.05, 3.63) is 41.2 Å². The molecule has 2 aromatic rings. The first-order valence-corrected chi connectivity index (χ1v) is 8.29. The van der Waals surface area contributed by atoms with Crippen molar-refractivity contribution in [2.45, 2.75) is 25.9 Å². The molecule has 7 heteroatoms. The summed E-state index contributed by atoms with van der Waals surface area (Å²) < 4.78 is 12.5. The van der Waals surface area contributed by atoms with Crippen molar-refractivity contribution < 1.29 is 14.3 Å². The number of hydrogen-bond acceptors (Lipinski definition) is 4. The fourth-order valence-electron chi connectivity index (χ4n) is 3.08. The first-order valence-electron chi connectivity index (χ1n) is 8.29. The molecular formula is C18H24N4O3. The molecule has 1 aromatic carbocycles. The number of nitrogens with zero attached hydrogens (tertiary/aromatic N) is 3. The van der Waals surface area contributed by atoms with Crippen LogP contribution in [0.3, 0.4) is 0 Å². The molecule has 0 aliphatic carbocycles. The van der Waals surface area contributed by atoms with Gasteiger partial charge in [-0.25, -0.2) is 4.79 Å². The van der Waals surface area contributed by atoms with Crippen LogP contribution in [0.4, 0.5) is 4.79 Å². The number of rotatable bonds is 4. The molecule has 3 rings (SSSR count). The van der Waals surface area contributed by atoms with E-state index in [1.807, 2.05) is 37.2 Å². The molecule has 1 atom stereocenters. The number of aromatic nitrogens is 2. The van der Waals surface area contributed by atoms with Crippen molar-refractivity contribution in [3.8, 4) is 11.5 Å². The molecule has 0 bridgehead atoms. The number of nitrogens with one attached hydrogen (secondary N) is 1. The molecule has 0 spiro atoms. The smallest absolute Gasteiger partial charge is 0.318 e. The highest BCUT2D eigenvalue weighted by molar-refractivity contribution is 5.75. The molecule has 1 aromatic heterocycles. The summed E-state index contributed by atoms with van der Waals surface area (Å²) in [7, 11) is 5.11. The Balaban J connectivity index is 1.70. The molecule has 1 aliphatic rings. The Morgan fingerprint density at radius 1 is 1.24 bits per heavy atom. The van der Waals surface area contributed by atoms with Gasteiger partial charge in [0.05, 0.1) is 26.5 Å². The van der Waals surface area contributed by atoms with E-state index in [4.69, 9.17) is 9.47 Å². The average Bonchev–Trinajstić information content (AvgIpc) is 3.06. The number of carbonyl (C=O) groups excluding carboxylic acids is 1. The van der Waals surface area contributed by atoms with E-state index >= 15 is 0 Å². The minimum absolute atomic E-state index is 0.0724. The zero-order chi connectivity index (χ0) is 18.0. The Morgan fingerprint density at radius 3 is 2.52 bits per heavy atom. The molecule has 0 saturated heterocycles. The van der Waals surface area contributed by atoms with Crippen LogP contribution in [0, 0.1) is 0 Å². The summed E-state index contributed by atoms with van der Waals surface area (Å²) in [5.74, 6) is 1.41. The number of methoxy groups -OCH3 is 2. The van der Waals surface area contributed by atoms with Crippen LogP contribution < -0.4 is 14.8 Å². The highest BCUT2D eigenvalue weighted by Crippen LogP contribution is 2.33. The Labute approximate surface area is 147 Å². The van der Waals surface area contributed by atoms with Gasteiger partial charge in [-0.3, -0.25) is 4.68 Å². The topological polar surface area (TPSA) is 68.6 Å². The molecule has 7 nitrogen and oxygen atoms in total. The fraction of sp³-hybridized carbons (Fsp3) is 0.444. The lowest BCUT2D eigenvalue weighted by Gasteiger charge is -2.30. The van der Waals surface area contributed by atoms with E-state index in [-0.39, 0.29) is 12.1 Å². The van der Waals surface area contributed by atoms with Gasteiger partial charge in [0.1, 0.15) is 0 Å². The SMILES string of the molecule is COc1cc2c(cc1OC)CN(C(=O)NC(C)c1cnn(C)c1)CC2. The molecule has 0 saturated carbocycles. The highest BCUT2D eigenvalue weighted by atomic mass is 16.5. The summed E-state index contributed by atoms with van der Waals surface area (Å²) >= 11 is 0. The van der Waals surface area contributed by atoms with Crippen LogP contribution in [0.2, 0.25) is 0 Å². The van der Waals surface area contributed by atoms with Gasteiger partial charge in [-0.15, -0.1) is 0 Å². The van der Waals surface area contributed by atoms with Crippen molar-refractivity contribution in [1.82, 2.24) is 20.0 Å². The summed E-state index contributed by atoms with van der Waals surface area (Å²) in [4.78, 5) is 14.4. The van der Waals surface area contributed by atoms with Gasteiger partial charge >= 0.3 is 6.03 Å². The van der Waals surface area contributed by atoms with Gasteiger partial charge in [0, 0.05) is 31.9 Å². The van der Waals surface area contributed by atoms with Crippen molar-refractivity contribution >= 4 is 6.03 Å². The quantitative estimate of drug-likeness (QED) is 0.924. The zero-order valence-electron chi connectivity index (χ0n) is 15.1. The summed E-state index contributed by atoms with van der Waals surface area (Å²) in [5.41, 5.74) is 3.27. The Hall–Kier alpha value is -2.70. The van der Waals surface area contributed by atoms with Crippen LogP contribution in [0.1, 0.15) is 29.7 Å². The van der Waals surface area contributed by atoms with Crippen LogP contribution >= 0.6 is 0 Å². The molecule has 1 aliphatic heterocycles. The third-order valence-electron chi connectivity index (χ3n) is 4.57. The first-order chi connectivity index (χ1) is 12.0. The number of amides is 2. The molecular weight excluding hydrogens is 320 g/mol. The molecule has 0 fully saturated rings. The van der Waals surface area contributed by atoms with E-state index in [1.54, 1.807) is 25.1 Å². The molecule has 1 N–H and O–H groups in total. The van der Waals surface area contributed by atoms with Crippen molar-refractivity contribution in [3.63, 3.8) is 0 Å². The molecule has 2 amide bonds. The fourth-order valence-corrected chi connectivity index (χ4v) is 3.08. The van der Waals surface area contributed by atoms with Gasteiger partial charge < -0.3 is 19.7 Å². The predicted molar refractivity (Wildman–Crippen MR) is 93.8 cm³/mol. The van der Waals surface area contributed by atoms with E-state index in [9.17, 15) is 4.79 Å². The maximum Gasteiger partial charge on any atom is 0.318 e. The van der Waals surface area contributed by atoms with E-state index in [0.717, 1.165) is 23.3 Å². The van der Waals surface area contributed by atoms with Gasteiger partial charge in [-0.2, -0.15) is 5.10 Å². The number of hydrogen-bond donors (Lipinski definition) is 1. The summed E-state index contributed by atoms with van der Waals surface area (Å²) in [6, 6.07) is 3.80. The minimum Gasteiger partial charge on any atom is -0.493 e. The lowest BCUT2D eigenvalue weighted by Crippen LogP contribution is -2.43. The Kier molecular flexibility index (Phi) is 4.83. The number of ether oxygens (including phenoxy) is 2. The largest absolute Gasteiger partial charge is 0.493 e. The van der Waals surface area contributed by atoms with Gasteiger partial charge in [-0.05, 0) is 36.6 Å². The second-order valence-electron chi connectivity index (χ2n) is 6.27. The summed E-state index contributed by atoms with van der Waals surface area (Å²) in [6.45, 7) is 3.19. The van der Waals surface area contributed by atoms with E-state index in [2.05, 4.69) is 10.4 Å². The number of urea groups is 1. The zero-order valence-corrected chi connectivity index (χ0v) is 15.1. The number of fused-ring (bicyclic) bond motifs is 1. The van der Waals surface area contributed by atoms with Gasteiger partial charge in [0.25, 0.3) is 0 Å². The van der Waals surface area contributed by atoms with Crippen LogP contribution in [-0.2, 0) is 20.0 Å². The Bertz CT molecular complexity index is 772. The highest BCUT2D eigenvalue weighted by Gasteiger charge is 2.24. The van der Waals surface area contributed by atoms with Gasteiger partial charge in [-0.1, -0.05) is 0 Å². The van der Waals surface area contributed by atoms with E-state index in [0.29, 0.717) is 18.8 Å². The normalized spacial score (nSPS) is 14.6. The maximum absolute atomic E-state index is 12.6. The van der Waals surface area contributed by atoms with E-state index in [1.165, 1.54) is 5.56 Å². The first kappa shape index (κ1) is 17.1. The molecule has 2 heterocycles. The van der Waals surface area contributed by atoms with Gasteiger partial charge in [0.15, 0.2) is 11.5 Å². The van der Waals surface area contributed by atoms with Crippen LogP contribution in [0.15, 0.2) is 24.5 Å². The number of aryl methyl sites for hydroxylation is 1. The molecule has 0 radical (unpaired) electrons. The molecule has 25 heavy (non-hydrogen) atoms. The summed E-state index contributed by atoms with van der Waals surface area (Å²) in [5, 5.41) is 7.19. The van der Waals surface area contributed by atoms with Crippen LogP contribution in [0.25, 0.3) is 0 Å². The van der Waals surface area contributed by atoms with Crippen molar-refractivity contribution in [2.24, 2.45) is 7.05 Å². The number of carbonyl (C=O) groups is 1. The second kappa shape index (κ2) is 7.04. The molecule has 134 valence electrons. The average molecular weight is 344 g/mol. The lowest BCUT2D eigenvalue weighted by molar-refractivity contribution is 0.189. The maximum atomic E-state index is 12.6. The van der Waals surface area contributed by atoms with Crippen LogP contribution in [0.5, 0.6) is 11.5 Å². The summed E-state index contributed by atoms with van der Waals surface area (Å²) in [6.07, 6.45) is 4.48. The standard InChI is InChI=1S/C18H24N4O3/c1-12(15-9-19-21(2)10-15)20-18(23)22-6-5-13-7-16(24-3)17(25-4)8-14(13)11-22/h7-10,12H,5-6,11H2,1-4H3,(H,20,23). The van der Waals surface area contributed by atoms with Crippen molar-refractivity contribution in [2.75, 3.05) is 20.8 Å². The number of benzene rings is 1. The van der Waals surface area contributed by atoms with Crippen LogP contribution in [-0.4, -0.2) is 41.5 Å². The third-order valence-corrected chi connectivity index (χ3v) is 4.57. The third kappa shape index (κ3) is 3.55. The minimum atomic E-state index is -0.0898. The molecule has 1 unspecified atom stereocenters. The van der Waals surface area contributed by atoms with Gasteiger partial charge in [0.2, 0.25) is 0 Å². The van der Waals surface area contributed by atoms with E-state index < -0.39 is 0 Å². The predicted octanol–water partition coefficient (Wildman–Crippen LogP) is 2.27. The second-order valence-corrected chi connectivity index (χ2v) is 6.27. The Morgan fingerprint density at radius 2 is 1.92 bits per heavy atom.